The molecule has 7 heteroatoms. The highest BCUT2D eigenvalue weighted by Crippen LogP contribution is 2.54. The minimum absolute atomic E-state index is 0.173. The molecule has 0 atom stereocenters. The van der Waals surface area contributed by atoms with E-state index in [1.165, 1.54) is 0 Å². The van der Waals surface area contributed by atoms with Gasteiger partial charge in [-0.25, -0.2) is 9.37 Å². The smallest absolute Gasteiger partial charge is 0.307 e. The molecule has 0 spiro atoms. The second-order valence-electron chi connectivity index (χ2n) is 7.20. The van der Waals surface area contributed by atoms with Crippen molar-refractivity contribution in [2.24, 2.45) is 0 Å². The monoisotopic (exact) mass is 376 g/mol. The minimum atomic E-state index is -3.65. The fraction of sp³-hybridized carbons (Fsp3) is 0.421. The maximum absolute atomic E-state index is 14.4. The number of pyridine rings is 1. The van der Waals surface area contributed by atoms with Gasteiger partial charge in [0.1, 0.15) is 5.82 Å². The van der Waals surface area contributed by atoms with E-state index in [4.69, 9.17) is 4.18 Å². The second-order valence-corrected chi connectivity index (χ2v) is 8.78. The summed E-state index contributed by atoms with van der Waals surface area (Å²) in [6, 6.07) is 5.21. The first-order valence-electron chi connectivity index (χ1n) is 8.78. The molecular formula is C19H21FN2O3S. The van der Waals surface area contributed by atoms with Crippen molar-refractivity contribution in [1.82, 2.24) is 4.98 Å². The van der Waals surface area contributed by atoms with E-state index in [2.05, 4.69) is 10.3 Å². The third-order valence-corrected chi connectivity index (χ3v) is 5.82. The van der Waals surface area contributed by atoms with E-state index in [1.807, 2.05) is 0 Å². The molecule has 0 radical (unpaired) electrons. The summed E-state index contributed by atoms with van der Waals surface area (Å²) in [5.74, 6) is 0.435. The Hall–Kier alpha value is -2.15. The van der Waals surface area contributed by atoms with E-state index in [1.54, 1.807) is 31.3 Å². The van der Waals surface area contributed by atoms with E-state index < -0.39 is 10.1 Å². The van der Waals surface area contributed by atoms with Gasteiger partial charge in [0.25, 0.3) is 0 Å². The third kappa shape index (κ3) is 3.05. The Morgan fingerprint density at radius 2 is 1.77 bits per heavy atom. The summed E-state index contributed by atoms with van der Waals surface area (Å²) in [4.78, 5) is 4.26. The van der Waals surface area contributed by atoms with Crippen LogP contribution in [0, 0.1) is 12.7 Å². The van der Waals surface area contributed by atoms with Crippen LogP contribution in [0.3, 0.4) is 0 Å². The molecule has 2 aromatic rings. The maximum atomic E-state index is 14.4. The van der Waals surface area contributed by atoms with Crippen LogP contribution in [0.2, 0.25) is 0 Å². The minimum Gasteiger partial charge on any atom is -0.361 e. The van der Waals surface area contributed by atoms with Crippen molar-refractivity contribution in [2.75, 3.05) is 11.6 Å². The summed E-state index contributed by atoms with van der Waals surface area (Å²) < 4.78 is 42.8. The molecule has 1 heterocycles. The first kappa shape index (κ1) is 17.3. The van der Waals surface area contributed by atoms with Crippen molar-refractivity contribution < 1.29 is 17.0 Å². The van der Waals surface area contributed by atoms with E-state index in [9.17, 15) is 12.8 Å². The molecular weight excluding hydrogens is 355 g/mol. The average molecular weight is 376 g/mol. The Bertz CT molecular complexity index is 967. The zero-order chi connectivity index (χ0) is 18.5. The number of benzene rings is 1. The molecule has 5 rings (SSSR count). The molecule has 0 aliphatic heterocycles. The Morgan fingerprint density at radius 1 is 1.12 bits per heavy atom. The summed E-state index contributed by atoms with van der Waals surface area (Å²) in [7, 11) is -3.65. The molecule has 0 saturated heterocycles. The van der Waals surface area contributed by atoms with Crippen LogP contribution in [-0.2, 0) is 10.1 Å². The van der Waals surface area contributed by atoms with Gasteiger partial charge in [-0.05, 0) is 61.6 Å². The molecule has 3 aliphatic rings. The number of fused-ring (bicyclic) bond motifs is 2. The Kier molecular flexibility index (Phi) is 4.14. The van der Waals surface area contributed by atoms with E-state index >= 15 is 0 Å². The van der Waals surface area contributed by atoms with Crippen LogP contribution in [0.15, 0.2) is 24.4 Å². The summed E-state index contributed by atoms with van der Waals surface area (Å²) in [6.07, 6.45) is 6.68. The SMILES string of the molecule is Cc1cccc(Nc2cnc(OS(C)(=O)=O)c3c2C2CCC3CC2)c1F. The number of nitrogens with zero attached hydrogens (tertiary/aromatic N) is 1. The second kappa shape index (κ2) is 6.23. The van der Waals surface area contributed by atoms with Gasteiger partial charge in [0.15, 0.2) is 0 Å². The largest absolute Gasteiger partial charge is 0.361 e. The first-order chi connectivity index (χ1) is 12.3. The van der Waals surface area contributed by atoms with Crippen LogP contribution < -0.4 is 9.50 Å². The third-order valence-electron chi connectivity index (χ3n) is 5.36. The lowest BCUT2D eigenvalue weighted by Crippen LogP contribution is -2.25. The lowest BCUT2D eigenvalue weighted by molar-refractivity contribution is 0.348. The van der Waals surface area contributed by atoms with Gasteiger partial charge in [-0.15, -0.1) is 0 Å². The van der Waals surface area contributed by atoms with Gasteiger partial charge in [-0.1, -0.05) is 12.1 Å². The van der Waals surface area contributed by atoms with Gasteiger partial charge in [-0.2, -0.15) is 8.42 Å². The molecule has 5 nitrogen and oxygen atoms in total. The Labute approximate surface area is 152 Å². The highest BCUT2D eigenvalue weighted by atomic mass is 32.2. The van der Waals surface area contributed by atoms with Gasteiger partial charge in [0.2, 0.25) is 5.88 Å². The molecule has 1 aromatic heterocycles. The number of nitrogens with one attached hydrogen (secondary N) is 1. The summed E-state index contributed by atoms with van der Waals surface area (Å²) in [5.41, 5.74) is 3.60. The number of rotatable bonds is 4. The quantitative estimate of drug-likeness (QED) is 0.803. The van der Waals surface area contributed by atoms with Crippen molar-refractivity contribution in [3.63, 3.8) is 0 Å². The lowest BCUT2D eigenvalue weighted by atomic mass is 9.67. The van der Waals surface area contributed by atoms with Crippen LogP contribution in [0.25, 0.3) is 0 Å². The van der Waals surface area contributed by atoms with Gasteiger partial charge in [0.05, 0.1) is 23.8 Å². The Morgan fingerprint density at radius 3 is 2.42 bits per heavy atom. The highest BCUT2D eigenvalue weighted by Gasteiger charge is 2.38. The molecule has 3 aliphatic carbocycles. The number of halogens is 1. The van der Waals surface area contributed by atoms with E-state index in [0.717, 1.165) is 48.8 Å². The fourth-order valence-corrected chi connectivity index (χ4v) is 4.65. The zero-order valence-electron chi connectivity index (χ0n) is 14.8. The Balaban J connectivity index is 1.82. The van der Waals surface area contributed by atoms with Gasteiger partial charge >= 0.3 is 10.1 Å². The van der Waals surface area contributed by atoms with Crippen LogP contribution in [0.5, 0.6) is 5.88 Å². The first-order valence-corrected chi connectivity index (χ1v) is 10.6. The molecule has 1 saturated carbocycles. The summed E-state index contributed by atoms with van der Waals surface area (Å²) in [6.45, 7) is 1.72. The predicted molar refractivity (Wildman–Crippen MR) is 98.1 cm³/mol. The van der Waals surface area contributed by atoms with Crippen molar-refractivity contribution in [3.8, 4) is 5.88 Å². The zero-order valence-corrected chi connectivity index (χ0v) is 15.6. The highest BCUT2D eigenvalue weighted by molar-refractivity contribution is 7.86. The molecule has 2 bridgehead atoms. The van der Waals surface area contributed by atoms with E-state index in [-0.39, 0.29) is 17.6 Å². The molecule has 1 aromatic carbocycles. The lowest BCUT2D eigenvalue weighted by Gasteiger charge is -2.39. The van der Waals surface area contributed by atoms with Crippen molar-refractivity contribution in [2.45, 2.75) is 44.4 Å². The van der Waals surface area contributed by atoms with Gasteiger partial charge in [-0.3, -0.25) is 0 Å². The molecule has 1 fully saturated rings. The number of aryl methyl sites for hydroxylation is 1. The number of hydrogen-bond donors (Lipinski definition) is 1. The van der Waals surface area contributed by atoms with Crippen LogP contribution >= 0.6 is 0 Å². The summed E-state index contributed by atoms with van der Waals surface area (Å²) in [5, 5.41) is 3.17. The number of anilines is 2. The van der Waals surface area contributed by atoms with Crippen LogP contribution in [0.4, 0.5) is 15.8 Å². The molecule has 1 N–H and O–H groups in total. The number of hydrogen-bond acceptors (Lipinski definition) is 5. The predicted octanol–water partition coefficient (Wildman–Crippen LogP) is 4.37. The van der Waals surface area contributed by atoms with E-state index in [0.29, 0.717) is 17.2 Å². The van der Waals surface area contributed by atoms with Crippen LogP contribution in [0.1, 0.15) is 54.2 Å². The molecule has 0 amide bonds. The van der Waals surface area contributed by atoms with Gasteiger partial charge in [0, 0.05) is 5.56 Å². The molecule has 0 unspecified atom stereocenters. The molecule has 26 heavy (non-hydrogen) atoms. The van der Waals surface area contributed by atoms with Gasteiger partial charge < -0.3 is 9.50 Å². The van der Waals surface area contributed by atoms with Crippen molar-refractivity contribution in [1.29, 1.82) is 0 Å². The number of aromatic nitrogens is 1. The summed E-state index contributed by atoms with van der Waals surface area (Å²) >= 11 is 0. The standard InChI is InChI=1S/C19H21FN2O3S/c1-11-4-3-5-14(18(11)20)22-15-10-21-19(25-26(2,23)24)17-13-8-6-12(7-9-13)16(15)17/h3-5,10,12-13,22H,6-9H2,1-2H3. The molecule has 138 valence electrons. The fourth-order valence-electron chi connectivity index (χ4n) is 4.23. The maximum Gasteiger partial charge on any atom is 0.307 e. The normalized spacial score (nSPS) is 21.3. The van der Waals surface area contributed by atoms with Crippen molar-refractivity contribution in [3.05, 3.63) is 46.9 Å². The average Bonchev–Trinajstić information content (AvgIpc) is 2.60. The van der Waals surface area contributed by atoms with Crippen molar-refractivity contribution >= 4 is 21.5 Å². The topological polar surface area (TPSA) is 68.3 Å². The van der Waals surface area contributed by atoms with Crippen LogP contribution in [-0.4, -0.2) is 19.7 Å².